The molecule has 1 unspecified atom stereocenters. The van der Waals surface area contributed by atoms with Crippen LogP contribution in [0, 0.1) is 5.82 Å². The smallest absolute Gasteiger partial charge is 0.164 e. The second-order valence-electron chi connectivity index (χ2n) is 4.67. The molecule has 1 heterocycles. The van der Waals surface area contributed by atoms with E-state index in [1.807, 2.05) is 6.92 Å². The van der Waals surface area contributed by atoms with E-state index in [1.54, 1.807) is 12.1 Å². The molecule has 18 heavy (non-hydrogen) atoms. The molecule has 0 amide bonds. The standard InChI is InChI=1S/C14H18FNO2/c1-11-10-16(7-8-18-11)6-5-14(17)12-3-2-4-13(15)9-12/h2-4,9,11H,5-8,10H2,1H3. The Kier molecular flexibility index (Phi) is 4.44. The van der Waals surface area contributed by atoms with Gasteiger partial charge in [-0.15, -0.1) is 0 Å². The molecule has 1 fully saturated rings. The fourth-order valence-corrected chi connectivity index (χ4v) is 2.16. The van der Waals surface area contributed by atoms with E-state index in [9.17, 15) is 9.18 Å². The maximum Gasteiger partial charge on any atom is 0.164 e. The van der Waals surface area contributed by atoms with Crippen molar-refractivity contribution in [3.63, 3.8) is 0 Å². The van der Waals surface area contributed by atoms with Crippen LogP contribution in [0.2, 0.25) is 0 Å². The topological polar surface area (TPSA) is 29.5 Å². The molecule has 1 aliphatic rings. The lowest BCUT2D eigenvalue weighted by Crippen LogP contribution is -2.41. The van der Waals surface area contributed by atoms with Gasteiger partial charge in [-0.3, -0.25) is 9.69 Å². The van der Waals surface area contributed by atoms with Crippen LogP contribution in [-0.2, 0) is 4.74 Å². The molecule has 0 N–H and O–H groups in total. The Labute approximate surface area is 107 Å². The van der Waals surface area contributed by atoms with Gasteiger partial charge in [-0.05, 0) is 19.1 Å². The SMILES string of the molecule is CC1CN(CCC(=O)c2cccc(F)c2)CCO1. The van der Waals surface area contributed by atoms with E-state index >= 15 is 0 Å². The average Bonchev–Trinajstić information content (AvgIpc) is 2.36. The summed E-state index contributed by atoms with van der Waals surface area (Å²) >= 11 is 0. The summed E-state index contributed by atoms with van der Waals surface area (Å²) in [5.41, 5.74) is 0.455. The molecular weight excluding hydrogens is 233 g/mol. The highest BCUT2D eigenvalue weighted by Crippen LogP contribution is 2.09. The summed E-state index contributed by atoms with van der Waals surface area (Å²) in [4.78, 5) is 14.1. The van der Waals surface area contributed by atoms with E-state index in [0.29, 0.717) is 18.5 Å². The van der Waals surface area contributed by atoms with Crippen LogP contribution < -0.4 is 0 Å². The van der Waals surface area contributed by atoms with Crippen molar-refractivity contribution in [2.45, 2.75) is 19.4 Å². The Morgan fingerprint density at radius 2 is 2.39 bits per heavy atom. The van der Waals surface area contributed by atoms with Crippen molar-refractivity contribution < 1.29 is 13.9 Å². The molecule has 98 valence electrons. The number of benzene rings is 1. The van der Waals surface area contributed by atoms with E-state index in [1.165, 1.54) is 12.1 Å². The molecule has 1 atom stereocenters. The van der Waals surface area contributed by atoms with Gasteiger partial charge in [0.25, 0.3) is 0 Å². The number of halogens is 1. The zero-order valence-corrected chi connectivity index (χ0v) is 10.6. The number of carbonyl (C=O) groups excluding carboxylic acids is 1. The van der Waals surface area contributed by atoms with Crippen LogP contribution in [0.1, 0.15) is 23.7 Å². The molecule has 1 saturated heterocycles. The first-order valence-electron chi connectivity index (χ1n) is 6.28. The van der Waals surface area contributed by atoms with E-state index in [0.717, 1.165) is 19.7 Å². The van der Waals surface area contributed by atoms with Gasteiger partial charge in [-0.25, -0.2) is 4.39 Å². The van der Waals surface area contributed by atoms with Gasteiger partial charge >= 0.3 is 0 Å². The summed E-state index contributed by atoms with van der Waals surface area (Å²) in [6, 6.07) is 5.87. The molecule has 0 aromatic heterocycles. The minimum Gasteiger partial charge on any atom is -0.376 e. The van der Waals surface area contributed by atoms with Gasteiger partial charge in [0.1, 0.15) is 5.82 Å². The predicted octanol–water partition coefficient (Wildman–Crippen LogP) is 2.12. The molecule has 0 aliphatic carbocycles. The van der Waals surface area contributed by atoms with Crippen molar-refractivity contribution in [3.05, 3.63) is 35.6 Å². The lowest BCUT2D eigenvalue weighted by molar-refractivity contribution is -0.0180. The number of Topliss-reactive ketones (excluding diaryl/α,β-unsaturated/α-hetero) is 1. The van der Waals surface area contributed by atoms with Gasteiger partial charge in [0.2, 0.25) is 0 Å². The van der Waals surface area contributed by atoms with Gasteiger partial charge in [0.05, 0.1) is 12.7 Å². The molecule has 4 heteroatoms. The van der Waals surface area contributed by atoms with Crippen LogP contribution in [0.3, 0.4) is 0 Å². The third-order valence-electron chi connectivity index (χ3n) is 3.13. The largest absolute Gasteiger partial charge is 0.376 e. The van der Waals surface area contributed by atoms with E-state index in [2.05, 4.69) is 4.90 Å². The highest BCUT2D eigenvalue weighted by Gasteiger charge is 2.17. The number of hydrogen-bond donors (Lipinski definition) is 0. The fourth-order valence-electron chi connectivity index (χ4n) is 2.16. The van der Waals surface area contributed by atoms with Crippen molar-refractivity contribution in [3.8, 4) is 0 Å². The number of morpholine rings is 1. The summed E-state index contributed by atoms with van der Waals surface area (Å²) in [6.07, 6.45) is 0.652. The Bertz CT molecular complexity index is 422. The molecule has 0 spiro atoms. The Morgan fingerprint density at radius 1 is 1.56 bits per heavy atom. The second-order valence-corrected chi connectivity index (χ2v) is 4.67. The molecule has 3 nitrogen and oxygen atoms in total. The quantitative estimate of drug-likeness (QED) is 0.768. The van der Waals surface area contributed by atoms with Crippen molar-refractivity contribution in [2.24, 2.45) is 0 Å². The first-order valence-corrected chi connectivity index (χ1v) is 6.28. The minimum absolute atomic E-state index is 0.00588. The predicted molar refractivity (Wildman–Crippen MR) is 67.2 cm³/mol. The summed E-state index contributed by atoms with van der Waals surface area (Å²) in [6.45, 7) is 5.18. The minimum atomic E-state index is -0.360. The zero-order chi connectivity index (χ0) is 13.0. The molecule has 0 bridgehead atoms. The van der Waals surface area contributed by atoms with E-state index in [-0.39, 0.29) is 17.7 Å². The number of carbonyl (C=O) groups is 1. The van der Waals surface area contributed by atoms with Crippen LogP contribution in [0.15, 0.2) is 24.3 Å². The summed E-state index contributed by atoms with van der Waals surface area (Å²) in [5.74, 6) is -0.366. The van der Waals surface area contributed by atoms with Gasteiger partial charge in [-0.2, -0.15) is 0 Å². The van der Waals surface area contributed by atoms with Crippen LogP contribution in [-0.4, -0.2) is 43.0 Å². The average molecular weight is 251 g/mol. The van der Waals surface area contributed by atoms with E-state index in [4.69, 9.17) is 4.74 Å². The first-order chi connectivity index (χ1) is 8.65. The highest BCUT2D eigenvalue weighted by atomic mass is 19.1. The summed E-state index contributed by atoms with van der Waals surface area (Å²) in [7, 11) is 0. The van der Waals surface area contributed by atoms with Crippen LogP contribution >= 0.6 is 0 Å². The summed E-state index contributed by atoms with van der Waals surface area (Å²) in [5, 5.41) is 0. The van der Waals surface area contributed by atoms with Crippen molar-refractivity contribution in [1.29, 1.82) is 0 Å². The number of rotatable bonds is 4. The lowest BCUT2D eigenvalue weighted by atomic mass is 10.1. The molecule has 1 aromatic carbocycles. The molecule has 0 saturated carbocycles. The summed E-state index contributed by atoms with van der Waals surface area (Å²) < 4.78 is 18.4. The van der Waals surface area contributed by atoms with Gasteiger partial charge in [-0.1, -0.05) is 12.1 Å². The third-order valence-corrected chi connectivity index (χ3v) is 3.13. The van der Waals surface area contributed by atoms with Gasteiger partial charge in [0.15, 0.2) is 5.78 Å². The van der Waals surface area contributed by atoms with Crippen LogP contribution in [0.25, 0.3) is 0 Å². The number of hydrogen-bond acceptors (Lipinski definition) is 3. The molecule has 1 aromatic rings. The van der Waals surface area contributed by atoms with Gasteiger partial charge < -0.3 is 4.74 Å². The van der Waals surface area contributed by atoms with Crippen molar-refractivity contribution >= 4 is 5.78 Å². The van der Waals surface area contributed by atoms with Crippen molar-refractivity contribution in [1.82, 2.24) is 4.90 Å². The molecule has 1 aliphatic heterocycles. The molecule has 0 radical (unpaired) electrons. The second kappa shape index (κ2) is 6.07. The normalized spacial score (nSPS) is 20.9. The van der Waals surface area contributed by atoms with Crippen LogP contribution in [0.4, 0.5) is 4.39 Å². The Balaban J connectivity index is 1.84. The Morgan fingerprint density at radius 3 is 3.11 bits per heavy atom. The maximum atomic E-state index is 13.0. The highest BCUT2D eigenvalue weighted by molar-refractivity contribution is 5.96. The monoisotopic (exact) mass is 251 g/mol. The molecular formula is C14H18FNO2. The van der Waals surface area contributed by atoms with Crippen molar-refractivity contribution in [2.75, 3.05) is 26.2 Å². The van der Waals surface area contributed by atoms with E-state index < -0.39 is 0 Å². The third kappa shape index (κ3) is 3.62. The number of ether oxygens (including phenoxy) is 1. The lowest BCUT2D eigenvalue weighted by Gasteiger charge is -2.30. The van der Waals surface area contributed by atoms with Crippen LogP contribution in [0.5, 0.6) is 0 Å². The number of nitrogens with zero attached hydrogens (tertiary/aromatic N) is 1. The Hall–Kier alpha value is -1.26. The maximum absolute atomic E-state index is 13.0. The molecule has 2 rings (SSSR count). The van der Waals surface area contributed by atoms with Gasteiger partial charge in [0, 0.05) is 31.6 Å². The zero-order valence-electron chi connectivity index (χ0n) is 10.6. The number of ketones is 1. The first kappa shape index (κ1) is 13.2. The fraction of sp³-hybridized carbons (Fsp3) is 0.500.